The first kappa shape index (κ1) is 13.4. The van der Waals surface area contributed by atoms with Gasteiger partial charge in [0.15, 0.2) is 0 Å². The summed E-state index contributed by atoms with van der Waals surface area (Å²) in [5.74, 6) is -1.08. The van der Waals surface area contributed by atoms with E-state index in [-0.39, 0.29) is 11.5 Å². The number of carboxylic acids is 1. The zero-order valence-electron chi connectivity index (χ0n) is 9.24. The molecule has 5 heteroatoms. The third-order valence-electron chi connectivity index (χ3n) is 2.00. The number of nitrogens with one attached hydrogen (secondary N) is 1. The highest BCUT2D eigenvalue weighted by molar-refractivity contribution is 9.10. The molecule has 0 fully saturated rings. The number of aromatic carboxylic acids is 1. The second kappa shape index (κ2) is 6.20. The maximum atomic E-state index is 10.9. The lowest BCUT2D eigenvalue weighted by Gasteiger charge is -2.01. The van der Waals surface area contributed by atoms with Gasteiger partial charge < -0.3 is 10.4 Å². The van der Waals surface area contributed by atoms with Crippen LogP contribution in [-0.4, -0.2) is 23.5 Å². The molecule has 0 aliphatic heterocycles. The van der Waals surface area contributed by atoms with E-state index in [2.05, 4.69) is 21.2 Å². The minimum atomic E-state index is -0.978. The summed E-state index contributed by atoms with van der Waals surface area (Å²) >= 11 is 3.17. The van der Waals surface area contributed by atoms with Crippen LogP contribution in [0.5, 0.6) is 0 Å². The molecule has 4 nitrogen and oxygen atoms in total. The van der Waals surface area contributed by atoms with E-state index >= 15 is 0 Å². The van der Waals surface area contributed by atoms with E-state index < -0.39 is 5.97 Å². The van der Waals surface area contributed by atoms with Crippen molar-refractivity contribution in [1.29, 1.82) is 0 Å². The van der Waals surface area contributed by atoms with E-state index in [0.29, 0.717) is 11.0 Å². The predicted molar refractivity (Wildman–Crippen MR) is 68.8 cm³/mol. The van der Waals surface area contributed by atoms with Crippen molar-refractivity contribution < 1.29 is 14.7 Å². The van der Waals surface area contributed by atoms with Crippen LogP contribution >= 0.6 is 15.9 Å². The Bertz CT molecular complexity index is 469. The summed E-state index contributed by atoms with van der Waals surface area (Å²) in [6.45, 7) is 1.86. The molecule has 0 spiro atoms. The van der Waals surface area contributed by atoms with Crippen LogP contribution in [0.1, 0.15) is 22.8 Å². The van der Waals surface area contributed by atoms with Crippen LogP contribution in [0.2, 0.25) is 0 Å². The third-order valence-corrected chi connectivity index (χ3v) is 2.69. The number of carbonyl (C=O) groups is 2. The molecule has 0 saturated heterocycles. The Morgan fingerprint density at radius 2 is 2.18 bits per heavy atom. The van der Waals surface area contributed by atoms with E-state index in [1.165, 1.54) is 6.92 Å². The van der Waals surface area contributed by atoms with Gasteiger partial charge in [0.25, 0.3) is 0 Å². The Morgan fingerprint density at radius 3 is 2.76 bits per heavy atom. The third kappa shape index (κ3) is 4.40. The van der Waals surface area contributed by atoms with Gasteiger partial charge in [0.1, 0.15) is 0 Å². The molecule has 0 saturated carbocycles. The molecular formula is C12H12BrNO3. The average Bonchev–Trinajstić information content (AvgIpc) is 2.25. The van der Waals surface area contributed by atoms with E-state index in [4.69, 9.17) is 5.11 Å². The number of rotatable bonds is 4. The molecule has 1 rings (SSSR count). The Kier molecular flexibility index (Phi) is 4.90. The van der Waals surface area contributed by atoms with Crippen molar-refractivity contribution in [2.75, 3.05) is 6.54 Å². The van der Waals surface area contributed by atoms with Crippen LogP contribution in [0.15, 0.2) is 28.7 Å². The van der Waals surface area contributed by atoms with Gasteiger partial charge in [0, 0.05) is 17.9 Å². The average molecular weight is 298 g/mol. The minimum absolute atomic E-state index is 0.100. The largest absolute Gasteiger partial charge is 0.478 e. The molecule has 0 aromatic heterocycles. The van der Waals surface area contributed by atoms with Gasteiger partial charge in [-0.15, -0.1) is 0 Å². The fraction of sp³-hybridized carbons (Fsp3) is 0.167. The molecule has 0 bridgehead atoms. The van der Waals surface area contributed by atoms with Gasteiger partial charge in [0.2, 0.25) is 5.91 Å². The van der Waals surface area contributed by atoms with Crippen LogP contribution < -0.4 is 5.32 Å². The molecule has 1 aromatic rings. The molecular weight excluding hydrogens is 286 g/mol. The van der Waals surface area contributed by atoms with E-state index in [9.17, 15) is 9.59 Å². The minimum Gasteiger partial charge on any atom is -0.478 e. The fourth-order valence-electron chi connectivity index (χ4n) is 1.21. The number of carboxylic acid groups (broad SMARTS) is 1. The van der Waals surface area contributed by atoms with Crippen molar-refractivity contribution in [1.82, 2.24) is 5.32 Å². The lowest BCUT2D eigenvalue weighted by atomic mass is 10.1. The summed E-state index contributed by atoms with van der Waals surface area (Å²) < 4.78 is 0.545. The van der Waals surface area contributed by atoms with Crippen LogP contribution in [-0.2, 0) is 4.79 Å². The molecule has 0 heterocycles. The van der Waals surface area contributed by atoms with Gasteiger partial charge in [-0.2, -0.15) is 0 Å². The molecule has 2 N–H and O–H groups in total. The van der Waals surface area contributed by atoms with Gasteiger partial charge in [-0.25, -0.2) is 4.79 Å². The molecule has 0 atom stereocenters. The topological polar surface area (TPSA) is 66.4 Å². The molecule has 0 aliphatic rings. The maximum absolute atomic E-state index is 10.9. The lowest BCUT2D eigenvalue weighted by molar-refractivity contribution is -0.118. The second-order valence-corrected chi connectivity index (χ2v) is 4.24. The summed E-state index contributed by atoms with van der Waals surface area (Å²) in [5.41, 5.74) is 0.989. The Morgan fingerprint density at radius 1 is 1.47 bits per heavy atom. The Balaban J connectivity index is 2.75. The van der Waals surface area contributed by atoms with E-state index in [0.717, 1.165) is 5.56 Å². The number of carbonyl (C=O) groups excluding carboxylic acids is 1. The van der Waals surface area contributed by atoms with Crippen molar-refractivity contribution in [3.8, 4) is 0 Å². The number of halogens is 1. The first-order chi connectivity index (χ1) is 8.00. The smallest absolute Gasteiger partial charge is 0.336 e. The normalized spacial score (nSPS) is 10.5. The Labute approximate surface area is 107 Å². The van der Waals surface area contributed by atoms with Crippen LogP contribution in [0.25, 0.3) is 6.08 Å². The molecule has 1 aromatic carbocycles. The first-order valence-electron chi connectivity index (χ1n) is 4.94. The van der Waals surface area contributed by atoms with Gasteiger partial charge in [-0.3, -0.25) is 4.79 Å². The van der Waals surface area contributed by atoms with Gasteiger partial charge in [0.05, 0.1) is 5.56 Å². The summed E-state index contributed by atoms with van der Waals surface area (Å²) in [5, 5.41) is 11.5. The highest BCUT2D eigenvalue weighted by Crippen LogP contribution is 2.19. The molecule has 0 radical (unpaired) electrons. The van der Waals surface area contributed by atoms with Gasteiger partial charge in [-0.05, 0) is 33.6 Å². The molecule has 17 heavy (non-hydrogen) atoms. The Hall–Kier alpha value is -1.62. The molecule has 0 aliphatic carbocycles. The predicted octanol–water partition coefficient (Wildman–Crippen LogP) is 2.30. The summed E-state index contributed by atoms with van der Waals surface area (Å²) in [6, 6.07) is 5.04. The van der Waals surface area contributed by atoms with Crippen molar-refractivity contribution in [2.45, 2.75) is 6.92 Å². The second-order valence-electron chi connectivity index (χ2n) is 3.38. The maximum Gasteiger partial charge on any atom is 0.336 e. The zero-order valence-corrected chi connectivity index (χ0v) is 10.8. The highest BCUT2D eigenvalue weighted by atomic mass is 79.9. The standard InChI is InChI=1S/C12H12BrNO3/c1-8(15)14-6-2-3-9-4-5-11(13)10(7-9)12(16)17/h2-5,7H,6H2,1H3,(H,14,15)(H,16,17). The first-order valence-corrected chi connectivity index (χ1v) is 5.74. The van der Waals surface area contributed by atoms with Crippen molar-refractivity contribution in [2.24, 2.45) is 0 Å². The fourth-order valence-corrected chi connectivity index (χ4v) is 1.62. The monoisotopic (exact) mass is 297 g/mol. The van der Waals surface area contributed by atoms with E-state index in [1.54, 1.807) is 30.4 Å². The molecule has 1 amide bonds. The van der Waals surface area contributed by atoms with Crippen LogP contribution in [0, 0.1) is 0 Å². The zero-order chi connectivity index (χ0) is 12.8. The quantitative estimate of drug-likeness (QED) is 0.896. The van der Waals surface area contributed by atoms with Crippen LogP contribution in [0.3, 0.4) is 0 Å². The van der Waals surface area contributed by atoms with Crippen molar-refractivity contribution in [3.63, 3.8) is 0 Å². The summed E-state index contributed by atoms with van der Waals surface area (Å²) in [4.78, 5) is 21.5. The number of hydrogen-bond donors (Lipinski definition) is 2. The number of benzene rings is 1. The van der Waals surface area contributed by atoms with Gasteiger partial charge >= 0.3 is 5.97 Å². The lowest BCUT2D eigenvalue weighted by Crippen LogP contribution is -2.19. The SMILES string of the molecule is CC(=O)NCC=Cc1ccc(Br)c(C(=O)O)c1. The summed E-state index contributed by atoms with van der Waals surface area (Å²) in [7, 11) is 0. The van der Waals surface area contributed by atoms with Crippen molar-refractivity contribution in [3.05, 3.63) is 39.9 Å². The molecule has 90 valence electrons. The van der Waals surface area contributed by atoms with Crippen LogP contribution in [0.4, 0.5) is 0 Å². The van der Waals surface area contributed by atoms with E-state index in [1.807, 2.05) is 0 Å². The highest BCUT2D eigenvalue weighted by Gasteiger charge is 2.07. The summed E-state index contributed by atoms with van der Waals surface area (Å²) in [6.07, 6.45) is 3.52. The molecule has 0 unspecified atom stereocenters. The van der Waals surface area contributed by atoms with Crippen molar-refractivity contribution >= 4 is 33.9 Å². The number of hydrogen-bond acceptors (Lipinski definition) is 2. The number of amides is 1. The van der Waals surface area contributed by atoms with Gasteiger partial charge in [-0.1, -0.05) is 18.2 Å².